The van der Waals surface area contributed by atoms with Crippen LogP contribution < -0.4 is 4.74 Å². The monoisotopic (exact) mass is 416 g/mol. The fraction of sp³-hybridized carbons (Fsp3) is 0.429. The van der Waals surface area contributed by atoms with E-state index < -0.39 is 0 Å². The molecule has 2 heterocycles. The minimum atomic E-state index is -0.240. The number of carbonyl (C=O) groups excluding carboxylic acids is 2. The number of aromatic nitrogens is 2. The summed E-state index contributed by atoms with van der Waals surface area (Å²) in [5, 5.41) is 0.468. The van der Waals surface area contributed by atoms with Gasteiger partial charge in [-0.3, -0.25) is 9.59 Å². The van der Waals surface area contributed by atoms with E-state index in [0.29, 0.717) is 29.4 Å². The smallest absolute Gasteiger partial charge is 0.257 e. The Kier molecular flexibility index (Phi) is 6.69. The molecule has 2 amide bonds. The number of carbonyl (C=O) groups is 2. The number of amides is 2. The van der Waals surface area contributed by atoms with E-state index in [1.54, 1.807) is 49.3 Å². The lowest BCUT2D eigenvalue weighted by Crippen LogP contribution is -2.40. The number of ether oxygens (including phenoxy) is 1. The number of benzene rings is 1. The van der Waals surface area contributed by atoms with Crippen molar-refractivity contribution in [3.63, 3.8) is 0 Å². The van der Waals surface area contributed by atoms with Crippen molar-refractivity contribution in [3.8, 4) is 5.75 Å². The zero-order chi connectivity index (χ0) is 21.0. The first-order valence-corrected chi connectivity index (χ1v) is 9.99. The highest BCUT2D eigenvalue weighted by Crippen LogP contribution is 2.29. The topological polar surface area (TPSA) is 75.6 Å². The van der Waals surface area contributed by atoms with Crippen LogP contribution in [0.1, 0.15) is 48.8 Å². The molecule has 7 nitrogen and oxygen atoms in total. The molecular formula is C21H25ClN4O3. The highest BCUT2D eigenvalue weighted by atomic mass is 35.5. The zero-order valence-corrected chi connectivity index (χ0v) is 17.6. The molecule has 0 bridgehead atoms. The molecule has 3 rings (SSSR count). The third kappa shape index (κ3) is 5.03. The Balaban J connectivity index is 1.76. The molecule has 0 unspecified atom stereocenters. The molecule has 29 heavy (non-hydrogen) atoms. The van der Waals surface area contributed by atoms with Gasteiger partial charge in [-0.1, -0.05) is 11.6 Å². The van der Waals surface area contributed by atoms with Crippen LogP contribution in [0.15, 0.2) is 36.8 Å². The summed E-state index contributed by atoms with van der Waals surface area (Å²) >= 11 is 6.17. The van der Waals surface area contributed by atoms with Gasteiger partial charge in [-0.05, 0) is 31.2 Å². The van der Waals surface area contributed by atoms with E-state index >= 15 is 0 Å². The normalized spacial score (nSPS) is 15.7. The minimum absolute atomic E-state index is 0.0529. The Labute approximate surface area is 175 Å². The van der Waals surface area contributed by atoms with Gasteiger partial charge in [0, 0.05) is 51.1 Å². The van der Waals surface area contributed by atoms with Crippen LogP contribution in [0.25, 0.3) is 0 Å². The summed E-state index contributed by atoms with van der Waals surface area (Å²) in [6, 6.07) is 6.62. The molecule has 0 saturated carbocycles. The maximum absolute atomic E-state index is 13.2. The molecule has 8 heteroatoms. The van der Waals surface area contributed by atoms with E-state index in [1.807, 2.05) is 11.8 Å². The number of halogens is 1. The molecule has 1 aromatic heterocycles. The Morgan fingerprint density at radius 3 is 2.62 bits per heavy atom. The highest BCUT2D eigenvalue weighted by molar-refractivity contribution is 6.31. The summed E-state index contributed by atoms with van der Waals surface area (Å²) in [5.41, 5.74) is 1.16. The Morgan fingerprint density at radius 1 is 1.28 bits per heavy atom. The lowest BCUT2D eigenvalue weighted by atomic mass is 10.1. The summed E-state index contributed by atoms with van der Waals surface area (Å²) in [5.74, 6) is 0.378. The lowest BCUT2D eigenvalue weighted by molar-refractivity contribution is -0.130. The second kappa shape index (κ2) is 9.22. The van der Waals surface area contributed by atoms with Gasteiger partial charge in [0.25, 0.3) is 5.91 Å². The quantitative estimate of drug-likeness (QED) is 0.747. The van der Waals surface area contributed by atoms with Crippen LogP contribution in [0.2, 0.25) is 5.02 Å². The molecular weight excluding hydrogens is 392 g/mol. The predicted molar refractivity (Wildman–Crippen MR) is 110 cm³/mol. The predicted octanol–water partition coefficient (Wildman–Crippen LogP) is 3.35. The fourth-order valence-electron chi connectivity index (χ4n) is 3.35. The van der Waals surface area contributed by atoms with E-state index in [4.69, 9.17) is 16.3 Å². The highest BCUT2D eigenvalue weighted by Gasteiger charge is 2.26. The molecule has 0 N–H and O–H groups in total. The van der Waals surface area contributed by atoms with E-state index in [9.17, 15) is 9.59 Å². The van der Waals surface area contributed by atoms with Gasteiger partial charge in [0.1, 0.15) is 18.2 Å². The van der Waals surface area contributed by atoms with Crippen molar-refractivity contribution in [1.29, 1.82) is 0 Å². The van der Waals surface area contributed by atoms with Crippen LogP contribution in [0, 0.1) is 0 Å². The van der Waals surface area contributed by atoms with Crippen molar-refractivity contribution in [1.82, 2.24) is 19.8 Å². The average molecular weight is 417 g/mol. The first-order chi connectivity index (χ1) is 13.9. The molecule has 0 aliphatic carbocycles. The van der Waals surface area contributed by atoms with Gasteiger partial charge in [-0.15, -0.1) is 0 Å². The first kappa shape index (κ1) is 21.0. The molecule has 0 radical (unpaired) electrons. The fourth-order valence-corrected chi connectivity index (χ4v) is 3.52. The van der Waals surface area contributed by atoms with E-state index in [-0.39, 0.29) is 24.0 Å². The van der Waals surface area contributed by atoms with Crippen LogP contribution >= 0.6 is 11.6 Å². The third-order valence-corrected chi connectivity index (χ3v) is 5.52. The summed E-state index contributed by atoms with van der Waals surface area (Å²) < 4.78 is 6.16. The molecule has 154 valence electrons. The maximum Gasteiger partial charge on any atom is 0.257 e. The second-order valence-corrected chi connectivity index (χ2v) is 7.63. The standard InChI is InChI=1S/C21H25ClN4O3/c1-14(19-6-9-23-13-24-19)25(3)21(28)18-12-16(22)4-5-20(18)29-17-7-10-26(11-8-17)15(2)27/h4-6,9,12-14,17H,7-8,10-11H2,1-3H3/t14-/m1/s1. The molecule has 1 atom stereocenters. The first-order valence-electron chi connectivity index (χ1n) is 9.61. The second-order valence-electron chi connectivity index (χ2n) is 7.19. The summed E-state index contributed by atoms with van der Waals surface area (Å²) in [6.45, 7) is 4.79. The Hall–Kier alpha value is -2.67. The van der Waals surface area contributed by atoms with Crippen LogP contribution in [0.3, 0.4) is 0 Å². The number of hydrogen-bond donors (Lipinski definition) is 0. The van der Waals surface area contributed by atoms with Crippen molar-refractivity contribution in [2.75, 3.05) is 20.1 Å². The molecule has 1 fully saturated rings. The molecule has 1 aliphatic rings. The van der Waals surface area contributed by atoms with Crippen LogP contribution in [0.4, 0.5) is 0 Å². The van der Waals surface area contributed by atoms with Crippen molar-refractivity contribution < 1.29 is 14.3 Å². The number of nitrogens with zero attached hydrogens (tertiary/aromatic N) is 4. The van der Waals surface area contributed by atoms with Gasteiger partial charge in [0.2, 0.25) is 5.91 Å². The van der Waals surface area contributed by atoms with Crippen molar-refractivity contribution >= 4 is 23.4 Å². The molecule has 1 saturated heterocycles. The van der Waals surface area contributed by atoms with Gasteiger partial charge in [-0.25, -0.2) is 9.97 Å². The van der Waals surface area contributed by atoms with Crippen molar-refractivity contribution in [3.05, 3.63) is 53.1 Å². The number of hydrogen-bond acceptors (Lipinski definition) is 5. The van der Waals surface area contributed by atoms with Crippen LogP contribution in [-0.4, -0.2) is 57.8 Å². The van der Waals surface area contributed by atoms with Gasteiger partial charge >= 0.3 is 0 Å². The SMILES string of the molecule is CC(=O)N1CCC(Oc2ccc(Cl)cc2C(=O)N(C)[C@H](C)c2ccncn2)CC1. The summed E-state index contributed by atoms with van der Waals surface area (Å²) in [6.07, 6.45) is 4.51. The molecule has 1 aliphatic heterocycles. The maximum atomic E-state index is 13.2. The number of rotatable bonds is 5. The van der Waals surface area contributed by atoms with E-state index in [1.165, 1.54) is 6.33 Å². The lowest BCUT2D eigenvalue weighted by Gasteiger charge is -2.32. The Bertz CT molecular complexity index is 869. The Morgan fingerprint density at radius 2 is 2.00 bits per heavy atom. The van der Waals surface area contributed by atoms with E-state index in [0.717, 1.165) is 18.5 Å². The number of likely N-dealkylation sites (tertiary alicyclic amines) is 1. The van der Waals surface area contributed by atoms with E-state index in [2.05, 4.69) is 9.97 Å². The molecule has 2 aromatic rings. The largest absolute Gasteiger partial charge is 0.489 e. The number of piperidine rings is 1. The summed E-state index contributed by atoms with van der Waals surface area (Å²) in [7, 11) is 1.73. The minimum Gasteiger partial charge on any atom is -0.489 e. The summed E-state index contributed by atoms with van der Waals surface area (Å²) in [4.78, 5) is 36.3. The van der Waals surface area contributed by atoms with Gasteiger partial charge in [0.05, 0.1) is 17.3 Å². The average Bonchev–Trinajstić information content (AvgIpc) is 2.74. The van der Waals surface area contributed by atoms with Crippen LogP contribution in [-0.2, 0) is 4.79 Å². The molecule has 1 aromatic carbocycles. The molecule has 0 spiro atoms. The van der Waals surface area contributed by atoms with Crippen LogP contribution in [0.5, 0.6) is 5.75 Å². The third-order valence-electron chi connectivity index (χ3n) is 5.29. The van der Waals surface area contributed by atoms with Gasteiger partial charge < -0.3 is 14.5 Å². The van der Waals surface area contributed by atoms with Gasteiger partial charge in [-0.2, -0.15) is 0 Å². The van der Waals surface area contributed by atoms with Crippen molar-refractivity contribution in [2.24, 2.45) is 0 Å². The van der Waals surface area contributed by atoms with Gasteiger partial charge in [0.15, 0.2) is 0 Å². The zero-order valence-electron chi connectivity index (χ0n) is 16.8. The van der Waals surface area contributed by atoms with Crippen molar-refractivity contribution in [2.45, 2.75) is 38.8 Å².